The Hall–Kier alpha value is -1.37. The summed E-state index contributed by atoms with van der Waals surface area (Å²) in [4.78, 5) is 14.5. The van der Waals surface area contributed by atoms with Gasteiger partial charge in [-0.05, 0) is 38.9 Å². The zero-order valence-corrected chi connectivity index (χ0v) is 16.5. The van der Waals surface area contributed by atoms with Crippen LogP contribution in [0.5, 0.6) is 11.5 Å². The number of nitrogens with one attached hydrogen (secondary N) is 1. The molecular weight excluding hydrogens is 365 g/mol. The summed E-state index contributed by atoms with van der Waals surface area (Å²) in [5.74, 6) is 1.21. The van der Waals surface area contributed by atoms with E-state index in [2.05, 4.69) is 24.1 Å². The fourth-order valence-corrected chi connectivity index (χ4v) is 2.71. The molecule has 144 valence electrons. The Bertz CT molecular complexity index is 538. The molecule has 0 saturated carbocycles. The number of hydrogen-bond donors (Lipinski definition) is 2. The Morgan fingerprint density at radius 2 is 1.72 bits per heavy atom. The highest BCUT2D eigenvalue weighted by Crippen LogP contribution is 2.38. The largest absolute Gasteiger partial charge is 0.454 e. The molecule has 25 heavy (non-hydrogen) atoms. The smallest absolute Gasteiger partial charge is 0.231 e. The van der Waals surface area contributed by atoms with E-state index in [1.54, 1.807) is 12.1 Å². The Balaban J connectivity index is 0.00000288. The standard InChI is InChI=1S/C17H27N3O3.2ClH/c1-3-7-20(8-4-2)9-5-6-17(21)19-14-11-16-15(10-13(14)18)22-12-23-16;;/h10-11H,3-9,12,18H2,1-2H3,(H,19,21);2*1H. The molecule has 6 nitrogen and oxygen atoms in total. The summed E-state index contributed by atoms with van der Waals surface area (Å²) in [7, 11) is 0. The van der Waals surface area contributed by atoms with Gasteiger partial charge in [0.15, 0.2) is 11.5 Å². The van der Waals surface area contributed by atoms with Crippen LogP contribution in [0, 0.1) is 0 Å². The van der Waals surface area contributed by atoms with E-state index in [4.69, 9.17) is 15.2 Å². The Morgan fingerprint density at radius 3 is 2.32 bits per heavy atom. The molecule has 1 aromatic carbocycles. The van der Waals surface area contributed by atoms with E-state index in [1.807, 2.05) is 0 Å². The molecule has 0 fully saturated rings. The van der Waals surface area contributed by atoms with Gasteiger partial charge in [0.05, 0.1) is 11.4 Å². The number of rotatable bonds is 9. The van der Waals surface area contributed by atoms with E-state index in [9.17, 15) is 4.79 Å². The lowest BCUT2D eigenvalue weighted by atomic mass is 10.2. The number of carbonyl (C=O) groups is 1. The lowest BCUT2D eigenvalue weighted by Crippen LogP contribution is -2.27. The third kappa shape index (κ3) is 7.18. The second-order valence-electron chi connectivity index (χ2n) is 5.79. The fourth-order valence-electron chi connectivity index (χ4n) is 2.71. The number of nitrogen functional groups attached to an aromatic ring is 1. The molecule has 1 aromatic rings. The molecule has 0 aromatic heterocycles. The van der Waals surface area contributed by atoms with E-state index >= 15 is 0 Å². The van der Waals surface area contributed by atoms with Gasteiger partial charge in [0.1, 0.15) is 0 Å². The van der Waals surface area contributed by atoms with Gasteiger partial charge >= 0.3 is 0 Å². The van der Waals surface area contributed by atoms with Crippen molar-refractivity contribution in [2.75, 3.05) is 37.5 Å². The molecule has 0 radical (unpaired) electrons. The highest BCUT2D eigenvalue weighted by Gasteiger charge is 2.17. The average Bonchev–Trinajstić information content (AvgIpc) is 2.95. The van der Waals surface area contributed by atoms with Crippen LogP contribution in [0.15, 0.2) is 12.1 Å². The molecular formula is C17H29Cl2N3O3. The molecule has 8 heteroatoms. The summed E-state index contributed by atoms with van der Waals surface area (Å²) >= 11 is 0. The summed E-state index contributed by atoms with van der Waals surface area (Å²) in [5.41, 5.74) is 7.01. The zero-order valence-electron chi connectivity index (χ0n) is 14.9. The molecule has 0 atom stereocenters. The van der Waals surface area contributed by atoms with Crippen LogP contribution in [0.4, 0.5) is 11.4 Å². The number of ether oxygens (including phenoxy) is 2. The van der Waals surface area contributed by atoms with Crippen LogP contribution in [0.3, 0.4) is 0 Å². The molecule has 1 heterocycles. The fraction of sp³-hybridized carbons (Fsp3) is 0.588. The predicted octanol–water partition coefficient (Wildman–Crippen LogP) is 3.68. The van der Waals surface area contributed by atoms with Gasteiger partial charge in [-0.2, -0.15) is 0 Å². The van der Waals surface area contributed by atoms with Crippen LogP contribution in [0.1, 0.15) is 39.5 Å². The summed E-state index contributed by atoms with van der Waals surface area (Å²) in [6, 6.07) is 3.40. The second kappa shape index (κ2) is 12.1. The maximum Gasteiger partial charge on any atom is 0.231 e. The highest BCUT2D eigenvalue weighted by molar-refractivity contribution is 5.94. The van der Waals surface area contributed by atoms with Crippen LogP contribution in [0.25, 0.3) is 0 Å². The third-order valence-electron chi connectivity index (χ3n) is 3.78. The van der Waals surface area contributed by atoms with Crippen molar-refractivity contribution in [3.05, 3.63) is 12.1 Å². The van der Waals surface area contributed by atoms with Gasteiger partial charge in [0, 0.05) is 18.6 Å². The van der Waals surface area contributed by atoms with Gasteiger partial charge in [-0.25, -0.2) is 0 Å². The van der Waals surface area contributed by atoms with Crippen molar-refractivity contribution in [2.45, 2.75) is 39.5 Å². The SMILES string of the molecule is CCCN(CCC)CCCC(=O)Nc1cc2c(cc1N)OCO2.Cl.Cl. The van der Waals surface area contributed by atoms with E-state index in [0.717, 1.165) is 38.9 Å². The molecule has 0 aliphatic carbocycles. The number of hydrogen-bond acceptors (Lipinski definition) is 5. The molecule has 1 aliphatic heterocycles. The maximum absolute atomic E-state index is 12.1. The highest BCUT2D eigenvalue weighted by atomic mass is 35.5. The summed E-state index contributed by atoms with van der Waals surface area (Å²) < 4.78 is 10.6. The molecule has 0 saturated heterocycles. The van der Waals surface area contributed by atoms with Crippen molar-refractivity contribution in [2.24, 2.45) is 0 Å². The number of carbonyl (C=O) groups excluding carboxylic acids is 1. The Labute approximate surface area is 162 Å². The number of anilines is 2. The third-order valence-corrected chi connectivity index (χ3v) is 3.78. The van der Waals surface area contributed by atoms with Crippen molar-refractivity contribution in [1.29, 1.82) is 0 Å². The van der Waals surface area contributed by atoms with E-state index in [0.29, 0.717) is 29.3 Å². The molecule has 0 spiro atoms. The van der Waals surface area contributed by atoms with Crippen LogP contribution in [-0.4, -0.2) is 37.2 Å². The number of amides is 1. The molecule has 2 rings (SSSR count). The van der Waals surface area contributed by atoms with Crippen molar-refractivity contribution in [3.63, 3.8) is 0 Å². The van der Waals surface area contributed by atoms with Gasteiger partial charge in [-0.15, -0.1) is 24.8 Å². The average molecular weight is 394 g/mol. The van der Waals surface area contributed by atoms with E-state index in [-0.39, 0.29) is 37.5 Å². The molecule has 0 bridgehead atoms. The van der Waals surface area contributed by atoms with Crippen molar-refractivity contribution >= 4 is 42.1 Å². The lowest BCUT2D eigenvalue weighted by Gasteiger charge is -2.20. The number of nitrogens with two attached hydrogens (primary N) is 1. The summed E-state index contributed by atoms with van der Waals surface area (Å²) in [5, 5.41) is 2.86. The first-order chi connectivity index (χ1) is 11.1. The van der Waals surface area contributed by atoms with Gasteiger partial charge in [-0.1, -0.05) is 13.8 Å². The minimum absolute atomic E-state index is 0. The number of halogens is 2. The Morgan fingerprint density at radius 1 is 1.12 bits per heavy atom. The number of nitrogens with zero attached hydrogens (tertiary/aromatic N) is 1. The lowest BCUT2D eigenvalue weighted by molar-refractivity contribution is -0.116. The van der Waals surface area contributed by atoms with Crippen LogP contribution in [-0.2, 0) is 4.79 Å². The molecule has 0 unspecified atom stereocenters. The number of benzene rings is 1. The van der Waals surface area contributed by atoms with Gasteiger partial charge < -0.3 is 25.4 Å². The first kappa shape index (κ1) is 23.6. The monoisotopic (exact) mass is 393 g/mol. The van der Waals surface area contributed by atoms with Gasteiger partial charge in [0.25, 0.3) is 0 Å². The predicted molar refractivity (Wildman–Crippen MR) is 106 cm³/mol. The minimum atomic E-state index is -0.0245. The molecule has 1 amide bonds. The number of fused-ring (bicyclic) bond motifs is 1. The van der Waals surface area contributed by atoms with Crippen molar-refractivity contribution in [3.8, 4) is 11.5 Å². The van der Waals surface area contributed by atoms with Crippen molar-refractivity contribution < 1.29 is 14.3 Å². The summed E-state index contributed by atoms with van der Waals surface area (Å²) in [6.45, 7) is 7.67. The topological polar surface area (TPSA) is 76.8 Å². The summed E-state index contributed by atoms with van der Waals surface area (Å²) in [6.07, 6.45) is 3.61. The van der Waals surface area contributed by atoms with Gasteiger partial charge in [0.2, 0.25) is 12.7 Å². The molecule has 3 N–H and O–H groups in total. The van der Waals surface area contributed by atoms with E-state index in [1.165, 1.54) is 0 Å². The van der Waals surface area contributed by atoms with Crippen molar-refractivity contribution in [1.82, 2.24) is 4.90 Å². The van der Waals surface area contributed by atoms with E-state index < -0.39 is 0 Å². The first-order valence-electron chi connectivity index (χ1n) is 8.35. The van der Waals surface area contributed by atoms with Gasteiger partial charge in [-0.3, -0.25) is 4.79 Å². The maximum atomic E-state index is 12.1. The zero-order chi connectivity index (χ0) is 16.7. The first-order valence-corrected chi connectivity index (χ1v) is 8.35. The van der Waals surface area contributed by atoms with Crippen LogP contribution in [0.2, 0.25) is 0 Å². The quantitative estimate of drug-likeness (QED) is 0.625. The Kier molecular flexibility index (Phi) is 11.4. The van der Waals surface area contributed by atoms with Crippen LogP contribution >= 0.6 is 24.8 Å². The van der Waals surface area contributed by atoms with Crippen LogP contribution < -0.4 is 20.5 Å². The minimum Gasteiger partial charge on any atom is -0.454 e. The normalized spacial score (nSPS) is 11.6. The molecule has 1 aliphatic rings. The second-order valence-corrected chi connectivity index (χ2v) is 5.79.